The van der Waals surface area contributed by atoms with E-state index in [2.05, 4.69) is 0 Å². The summed E-state index contributed by atoms with van der Waals surface area (Å²) in [5.41, 5.74) is 0. The molecule has 2 aliphatic carbocycles. The van der Waals surface area contributed by atoms with Gasteiger partial charge in [-0.3, -0.25) is 4.79 Å². The minimum Gasteiger partial charge on any atom is -0.465 e. The zero-order chi connectivity index (χ0) is 9.16. The Hall–Kier alpha value is -0.610. The highest BCUT2D eigenvalue weighted by Crippen LogP contribution is 2.55. The molecule has 3 rings (SSSR count). The average molecular weight is 184 g/mol. The zero-order valence-electron chi connectivity index (χ0n) is 7.09. The van der Waals surface area contributed by atoms with Gasteiger partial charge >= 0.3 is 5.97 Å². The number of rotatable bonds is 0. The highest BCUT2D eigenvalue weighted by Gasteiger charge is 2.63. The first-order valence-corrected chi connectivity index (χ1v) is 4.73. The van der Waals surface area contributed by atoms with Crippen LogP contribution >= 0.6 is 0 Å². The third kappa shape index (κ3) is 0.758. The summed E-state index contributed by atoms with van der Waals surface area (Å²) < 4.78 is 4.94. The van der Waals surface area contributed by atoms with E-state index in [1.165, 1.54) is 0 Å². The predicted octanol–water partition coefficient (Wildman–Crippen LogP) is -0.853. The van der Waals surface area contributed by atoms with E-state index in [0.717, 1.165) is 0 Å². The second-order valence-corrected chi connectivity index (χ2v) is 4.35. The molecule has 72 valence electrons. The maximum atomic E-state index is 11.3. The highest BCUT2D eigenvalue weighted by molar-refractivity contribution is 5.76. The van der Waals surface area contributed by atoms with Gasteiger partial charge in [0.05, 0.1) is 24.7 Å². The third-order valence-electron chi connectivity index (χ3n) is 3.90. The molecule has 0 radical (unpaired) electrons. The molecule has 0 aromatic rings. The lowest BCUT2D eigenvalue weighted by Gasteiger charge is -2.23. The van der Waals surface area contributed by atoms with Crippen LogP contribution in [0.5, 0.6) is 0 Å². The lowest BCUT2D eigenvalue weighted by molar-refractivity contribution is -0.143. The second-order valence-electron chi connectivity index (χ2n) is 4.35. The van der Waals surface area contributed by atoms with Crippen LogP contribution in [-0.4, -0.2) is 35.0 Å². The Morgan fingerprint density at radius 2 is 2.08 bits per heavy atom. The highest BCUT2D eigenvalue weighted by atomic mass is 16.5. The van der Waals surface area contributed by atoms with E-state index in [0.29, 0.717) is 13.0 Å². The van der Waals surface area contributed by atoms with Crippen molar-refractivity contribution in [2.45, 2.75) is 18.6 Å². The molecule has 6 atom stereocenters. The lowest BCUT2D eigenvalue weighted by Crippen LogP contribution is -2.31. The maximum Gasteiger partial charge on any atom is 0.309 e. The van der Waals surface area contributed by atoms with Crippen LogP contribution in [0.3, 0.4) is 0 Å². The summed E-state index contributed by atoms with van der Waals surface area (Å²) in [7, 11) is 0. The number of hydrogen-bond donors (Lipinski definition) is 2. The minimum atomic E-state index is -0.488. The zero-order valence-corrected chi connectivity index (χ0v) is 7.09. The maximum absolute atomic E-state index is 11.3. The number of carbonyl (C=O) groups excluding carboxylic acids is 1. The summed E-state index contributed by atoms with van der Waals surface area (Å²) in [6, 6.07) is 0. The van der Waals surface area contributed by atoms with Crippen LogP contribution in [0.4, 0.5) is 0 Å². The number of fused-ring (bicyclic) bond motifs is 5. The summed E-state index contributed by atoms with van der Waals surface area (Å²) in [4.78, 5) is 11.3. The van der Waals surface area contributed by atoms with Crippen LogP contribution in [0.1, 0.15) is 6.42 Å². The molecule has 0 spiro atoms. The first-order valence-electron chi connectivity index (χ1n) is 4.73. The van der Waals surface area contributed by atoms with Crippen LogP contribution in [-0.2, 0) is 9.53 Å². The van der Waals surface area contributed by atoms with Crippen molar-refractivity contribution in [1.29, 1.82) is 0 Å². The Kier molecular flexibility index (Phi) is 1.34. The van der Waals surface area contributed by atoms with Crippen molar-refractivity contribution in [2.75, 3.05) is 6.61 Å². The summed E-state index contributed by atoms with van der Waals surface area (Å²) in [5.74, 6) is -0.426. The molecular weight excluding hydrogens is 172 g/mol. The average Bonchev–Trinajstić information content (AvgIpc) is 2.64. The van der Waals surface area contributed by atoms with Crippen LogP contribution < -0.4 is 0 Å². The molecule has 1 aliphatic heterocycles. The molecule has 2 N–H and O–H groups in total. The predicted molar refractivity (Wildman–Crippen MR) is 41.5 cm³/mol. The number of esters is 1. The number of cyclic esters (lactones) is 1. The monoisotopic (exact) mass is 184 g/mol. The van der Waals surface area contributed by atoms with Gasteiger partial charge in [-0.2, -0.15) is 0 Å². The van der Waals surface area contributed by atoms with Crippen molar-refractivity contribution in [1.82, 2.24) is 0 Å². The molecule has 13 heavy (non-hydrogen) atoms. The van der Waals surface area contributed by atoms with Gasteiger partial charge < -0.3 is 14.9 Å². The van der Waals surface area contributed by atoms with Gasteiger partial charge in [-0.05, 0) is 6.42 Å². The van der Waals surface area contributed by atoms with Gasteiger partial charge in [0, 0.05) is 17.8 Å². The standard InChI is InChI=1S/C9H12O4/c10-5-1-3-6-4(2-13-9(6)12)7(5)8(3)11/h3-8,10-11H,1-2H2/t3-,4+,5-,6-,7+,8+/m0/s1. The Morgan fingerprint density at radius 3 is 2.85 bits per heavy atom. The minimum absolute atomic E-state index is 0.0556. The van der Waals surface area contributed by atoms with E-state index in [1.807, 2.05) is 0 Å². The Bertz CT molecular complexity index is 262. The fourth-order valence-electron chi connectivity index (χ4n) is 3.38. The van der Waals surface area contributed by atoms with E-state index in [1.54, 1.807) is 0 Å². The number of carbonyl (C=O) groups is 1. The molecule has 1 heterocycles. The number of aliphatic hydroxyl groups excluding tert-OH is 2. The topological polar surface area (TPSA) is 66.8 Å². The molecule has 3 aliphatic rings. The van der Waals surface area contributed by atoms with Crippen molar-refractivity contribution in [3.63, 3.8) is 0 Å². The molecule has 3 fully saturated rings. The van der Waals surface area contributed by atoms with E-state index in [9.17, 15) is 15.0 Å². The molecule has 0 aromatic heterocycles. The summed E-state index contributed by atoms with van der Waals surface area (Å²) in [6.45, 7) is 0.388. The van der Waals surface area contributed by atoms with Crippen LogP contribution in [0.15, 0.2) is 0 Å². The molecular formula is C9H12O4. The molecule has 0 unspecified atom stereocenters. The molecule has 1 saturated heterocycles. The van der Waals surface area contributed by atoms with Gasteiger partial charge in [0.1, 0.15) is 0 Å². The smallest absolute Gasteiger partial charge is 0.309 e. The SMILES string of the molecule is O=C1OC[C@@H]2[C@@H]1[C@@H]1C[C@H](O)[C@@H]2[C@@H]1O. The fraction of sp³-hybridized carbons (Fsp3) is 0.889. The van der Waals surface area contributed by atoms with Crippen molar-refractivity contribution in [3.05, 3.63) is 0 Å². The molecule has 0 amide bonds. The van der Waals surface area contributed by atoms with Crippen LogP contribution in [0.2, 0.25) is 0 Å². The largest absolute Gasteiger partial charge is 0.465 e. The fourth-order valence-corrected chi connectivity index (χ4v) is 3.38. The Morgan fingerprint density at radius 1 is 1.31 bits per heavy atom. The molecule has 2 bridgehead atoms. The second kappa shape index (κ2) is 2.25. The van der Waals surface area contributed by atoms with Gasteiger partial charge in [-0.15, -0.1) is 0 Å². The van der Waals surface area contributed by atoms with Gasteiger partial charge in [-0.25, -0.2) is 0 Å². The first-order chi connectivity index (χ1) is 6.20. The molecule has 4 heteroatoms. The van der Waals surface area contributed by atoms with Gasteiger partial charge in [0.25, 0.3) is 0 Å². The molecule has 2 saturated carbocycles. The van der Waals surface area contributed by atoms with E-state index < -0.39 is 12.2 Å². The lowest BCUT2D eigenvalue weighted by atomic mass is 9.80. The van der Waals surface area contributed by atoms with Gasteiger partial charge in [-0.1, -0.05) is 0 Å². The van der Waals surface area contributed by atoms with E-state index in [-0.39, 0.29) is 29.6 Å². The summed E-state index contributed by atoms with van der Waals surface area (Å²) in [5, 5.41) is 19.4. The first kappa shape index (κ1) is 7.76. The van der Waals surface area contributed by atoms with Crippen molar-refractivity contribution >= 4 is 5.97 Å². The van der Waals surface area contributed by atoms with Crippen LogP contribution in [0, 0.1) is 23.7 Å². The molecule has 4 nitrogen and oxygen atoms in total. The number of hydrogen-bond acceptors (Lipinski definition) is 4. The van der Waals surface area contributed by atoms with Gasteiger partial charge in [0.15, 0.2) is 0 Å². The van der Waals surface area contributed by atoms with Crippen molar-refractivity contribution in [2.24, 2.45) is 23.7 Å². The van der Waals surface area contributed by atoms with Gasteiger partial charge in [0.2, 0.25) is 0 Å². The number of aliphatic hydroxyl groups is 2. The van der Waals surface area contributed by atoms with E-state index in [4.69, 9.17) is 4.74 Å². The number of ether oxygens (including phenoxy) is 1. The van der Waals surface area contributed by atoms with Crippen molar-refractivity contribution in [3.8, 4) is 0 Å². The Labute approximate surface area is 75.5 Å². The summed E-state index contributed by atoms with van der Waals surface area (Å²) in [6.07, 6.45) is -0.365. The van der Waals surface area contributed by atoms with Crippen LogP contribution in [0.25, 0.3) is 0 Å². The summed E-state index contributed by atoms with van der Waals surface area (Å²) >= 11 is 0. The Balaban J connectivity index is 1.98. The van der Waals surface area contributed by atoms with E-state index >= 15 is 0 Å². The van der Waals surface area contributed by atoms with Crippen molar-refractivity contribution < 1.29 is 19.7 Å². The normalized spacial score (nSPS) is 58.2. The molecule has 0 aromatic carbocycles. The quantitative estimate of drug-likeness (QED) is 0.481. The third-order valence-corrected chi connectivity index (χ3v) is 3.90.